The minimum atomic E-state index is -0.00144. The van der Waals surface area contributed by atoms with Crippen molar-refractivity contribution >= 4 is 0 Å². The van der Waals surface area contributed by atoms with E-state index < -0.39 is 0 Å². The molecule has 0 aromatic heterocycles. The fraction of sp³-hybridized carbons (Fsp3) is 1.00. The zero-order chi connectivity index (χ0) is 13.0. The molecule has 3 nitrogen and oxygen atoms in total. The van der Waals surface area contributed by atoms with Gasteiger partial charge in [-0.05, 0) is 58.0 Å². The van der Waals surface area contributed by atoms with Gasteiger partial charge in [-0.15, -0.1) is 0 Å². The van der Waals surface area contributed by atoms with E-state index in [9.17, 15) is 5.11 Å². The monoisotopic (exact) mass is 254 g/mol. The third-order valence-electron chi connectivity index (χ3n) is 5.04. The van der Waals surface area contributed by atoms with Crippen molar-refractivity contribution in [3.8, 4) is 0 Å². The van der Waals surface area contributed by atoms with E-state index in [4.69, 9.17) is 0 Å². The number of likely N-dealkylation sites (N-methyl/N-ethyl adjacent to an activating group) is 1. The van der Waals surface area contributed by atoms with Crippen LogP contribution < -0.4 is 5.32 Å². The molecule has 3 atom stereocenters. The molecule has 3 unspecified atom stereocenters. The summed E-state index contributed by atoms with van der Waals surface area (Å²) in [6, 6.07) is 1.49. The Hall–Kier alpha value is -0.120. The Labute approximate surface area is 112 Å². The smallest absolute Gasteiger partial charge is 0.0613 e. The molecule has 1 aliphatic heterocycles. The van der Waals surface area contributed by atoms with Gasteiger partial charge in [0.2, 0.25) is 0 Å². The summed E-state index contributed by atoms with van der Waals surface area (Å²) in [5.41, 5.74) is -0.00144. The molecule has 1 heterocycles. The van der Waals surface area contributed by atoms with Crippen LogP contribution in [0.2, 0.25) is 0 Å². The van der Waals surface area contributed by atoms with Crippen molar-refractivity contribution in [2.24, 2.45) is 0 Å². The summed E-state index contributed by atoms with van der Waals surface area (Å²) in [5.74, 6) is 0. The van der Waals surface area contributed by atoms with Crippen molar-refractivity contribution in [1.82, 2.24) is 10.2 Å². The maximum atomic E-state index is 9.78. The third kappa shape index (κ3) is 2.89. The van der Waals surface area contributed by atoms with Gasteiger partial charge in [0.15, 0.2) is 0 Å². The second-order valence-corrected chi connectivity index (χ2v) is 6.16. The molecule has 0 radical (unpaired) electrons. The summed E-state index contributed by atoms with van der Waals surface area (Å²) in [7, 11) is 0. The molecule has 0 aromatic rings. The van der Waals surface area contributed by atoms with Gasteiger partial charge in [0.05, 0.1) is 6.61 Å². The van der Waals surface area contributed by atoms with Gasteiger partial charge in [-0.1, -0.05) is 13.8 Å². The second-order valence-electron chi connectivity index (χ2n) is 6.16. The normalized spacial score (nSPS) is 38.2. The molecule has 0 spiro atoms. The predicted octanol–water partition coefficient (Wildman–Crippen LogP) is 2.14. The first-order valence-corrected chi connectivity index (χ1v) is 7.86. The van der Waals surface area contributed by atoms with E-state index in [0.717, 1.165) is 25.4 Å². The molecule has 106 valence electrons. The van der Waals surface area contributed by atoms with Gasteiger partial charge in [0, 0.05) is 17.6 Å². The van der Waals surface area contributed by atoms with E-state index in [-0.39, 0.29) is 5.54 Å². The highest BCUT2D eigenvalue weighted by molar-refractivity contribution is 4.98. The molecule has 2 aliphatic rings. The highest BCUT2D eigenvalue weighted by Crippen LogP contribution is 2.35. The number of hydrogen-bond donors (Lipinski definition) is 2. The fourth-order valence-electron chi connectivity index (χ4n) is 4.13. The Morgan fingerprint density at radius 1 is 1.28 bits per heavy atom. The Balaban J connectivity index is 2.01. The minimum Gasteiger partial charge on any atom is -0.394 e. The van der Waals surface area contributed by atoms with Crippen LogP contribution in [0.3, 0.4) is 0 Å². The number of likely N-dealkylation sites (tertiary alicyclic amines) is 1. The van der Waals surface area contributed by atoms with Gasteiger partial charge >= 0.3 is 0 Å². The Morgan fingerprint density at radius 3 is 2.78 bits per heavy atom. The van der Waals surface area contributed by atoms with E-state index in [1.165, 1.54) is 38.6 Å². The summed E-state index contributed by atoms with van der Waals surface area (Å²) >= 11 is 0. The third-order valence-corrected chi connectivity index (χ3v) is 5.04. The van der Waals surface area contributed by atoms with E-state index >= 15 is 0 Å². The van der Waals surface area contributed by atoms with E-state index in [2.05, 4.69) is 24.1 Å². The summed E-state index contributed by atoms with van der Waals surface area (Å²) in [6.45, 7) is 6.99. The standard InChI is InChI=1S/C15H30N2O/c1-3-13-8-6-10-17(13)14-7-5-9-15(11-14,12-18)16-4-2/h13-14,16,18H,3-12H2,1-2H3. The largest absolute Gasteiger partial charge is 0.394 e. The van der Waals surface area contributed by atoms with E-state index in [0.29, 0.717) is 12.6 Å². The van der Waals surface area contributed by atoms with Gasteiger partial charge in [-0.2, -0.15) is 0 Å². The van der Waals surface area contributed by atoms with Crippen LogP contribution in [0.1, 0.15) is 58.8 Å². The number of aliphatic hydroxyl groups excluding tert-OH is 1. The molecular formula is C15H30N2O. The highest BCUT2D eigenvalue weighted by Gasteiger charge is 2.39. The first-order valence-electron chi connectivity index (χ1n) is 7.86. The Kier molecular flexibility index (Phi) is 5.05. The SMILES string of the molecule is CCNC1(CO)CCCC(N2CCCC2CC)C1. The summed E-state index contributed by atoms with van der Waals surface area (Å²) in [4.78, 5) is 2.74. The van der Waals surface area contributed by atoms with Gasteiger partial charge in [0.1, 0.15) is 0 Å². The average Bonchev–Trinajstić information content (AvgIpc) is 2.87. The van der Waals surface area contributed by atoms with Crippen LogP contribution in [0, 0.1) is 0 Å². The molecule has 2 rings (SSSR count). The lowest BCUT2D eigenvalue weighted by atomic mass is 9.78. The zero-order valence-corrected chi connectivity index (χ0v) is 12.1. The molecule has 1 saturated heterocycles. The number of hydrogen-bond acceptors (Lipinski definition) is 3. The van der Waals surface area contributed by atoms with Crippen LogP contribution in [0.5, 0.6) is 0 Å². The van der Waals surface area contributed by atoms with Crippen LogP contribution in [0.4, 0.5) is 0 Å². The molecule has 1 saturated carbocycles. The maximum Gasteiger partial charge on any atom is 0.0613 e. The Morgan fingerprint density at radius 2 is 2.11 bits per heavy atom. The van der Waals surface area contributed by atoms with Crippen molar-refractivity contribution in [2.75, 3.05) is 19.7 Å². The van der Waals surface area contributed by atoms with Crippen molar-refractivity contribution in [2.45, 2.75) is 76.4 Å². The summed E-state index contributed by atoms with van der Waals surface area (Å²) in [6.07, 6.45) is 8.87. The molecule has 18 heavy (non-hydrogen) atoms. The molecule has 0 aromatic carbocycles. The molecule has 0 bridgehead atoms. The van der Waals surface area contributed by atoms with Crippen LogP contribution in [-0.4, -0.2) is 47.3 Å². The van der Waals surface area contributed by atoms with Gasteiger partial charge in [0.25, 0.3) is 0 Å². The van der Waals surface area contributed by atoms with Crippen molar-refractivity contribution in [3.63, 3.8) is 0 Å². The number of rotatable bonds is 5. The molecule has 3 heteroatoms. The van der Waals surface area contributed by atoms with E-state index in [1.54, 1.807) is 0 Å². The number of nitrogens with zero attached hydrogens (tertiary/aromatic N) is 1. The zero-order valence-electron chi connectivity index (χ0n) is 12.1. The quantitative estimate of drug-likeness (QED) is 0.789. The average molecular weight is 254 g/mol. The van der Waals surface area contributed by atoms with Crippen molar-refractivity contribution in [3.05, 3.63) is 0 Å². The van der Waals surface area contributed by atoms with Gasteiger partial charge in [-0.3, -0.25) is 4.90 Å². The lowest BCUT2D eigenvalue weighted by Crippen LogP contribution is -2.56. The molecule has 2 fully saturated rings. The molecule has 0 amide bonds. The topological polar surface area (TPSA) is 35.5 Å². The number of aliphatic hydroxyl groups is 1. The fourth-order valence-corrected chi connectivity index (χ4v) is 4.13. The maximum absolute atomic E-state index is 9.78. The first-order chi connectivity index (χ1) is 8.74. The number of nitrogens with one attached hydrogen (secondary N) is 1. The molecular weight excluding hydrogens is 224 g/mol. The van der Waals surface area contributed by atoms with Crippen LogP contribution in [-0.2, 0) is 0 Å². The summed E-state index contributed by atoms with van der Waals surface area (Å²) in [5, 5.41) is 13.3. The van der Waals surface area contributed by atoms with E-state index in [1.807, 2.05) is 0 Å². The predicted molar refractivity (Wildman–Crippen MR) is 75.8 cm³/mol. The highest BCUT2D eigenvalue weighted by atomic mass is 16.3. The second kappa shape index (κ2) is 6.36. The summed E-state index contributed by atoms with van der Waals surface area (Å²) < 4.78 is 0. The lowest BCUT2D eigenvalue weighted by Gasteiger charge is -2.45. The first kappa shape index (κ1) is 14.3. The van der Waals surface area contributed by atoms with Crippen LogP contribution >= 0.6 is 0 Å². The van der Waals surface area contributed by atoms with Crippen molar-refractivity contribution in [1.29, 1.82) is 0 Å². The minimum absolute atomic E-state index is 0.00144. The van der Waals surface area contributed by atoms with Gasteiger partial charge in [-0.25, -0.2) is 0 Å². The lowest BCUT2D eigenvalue weighted by molar-refractivity contribution is 0.0538. The molecule has 2 N–H and O–H groups in total. The Bertz CT molecular complexity index is 255. The van der Waals surface area contributed by atoms with Crippen molar-refractivity contribution < 1.29 is 5.11 Å². The molecule has 1 aliphatic carbocycles. The van der Waals surface area contributed by atoms with Crippen LogP contribution in [0.15, 0.2) is 0 Å². The van der Waals surface area contributed by atoms with Gasteiger partial charge < -0.3 is 10.4 Å². The van der Waals surface area contributed by atoms with Crippen LogP contribution in [0.25, 0.3) is 0 Å².